The van der Waals surface area contributed by atoms with Gasteiger partial charge >= 0.3 is 0 Å². The molecular formula is C15H16FNS. The number of thioether (sulfide) groups is 1. The summed E-state index contributed by atoms with van der Waals surface area (Å²) in [5, 5.41) is 3.29. The van der Waals surface area contributed by atoms with Gasteiger partial charge in [0, 0.05) is 4.90 Å². The van der Waals surface area contributed by atoms with Gasteiger partial charge in [0.1, 0.15) is 5.82 Å². The average Bonchev–Trinajstić information content (AvgIpc) is 2.42. The molecule has 1 atom stereocenters. The van der Waals surface area contributed by atoms with Crippen molar-refractivity contribution < 1.29 is 4.39 Å². The first kappa shape index (κ1) is 13.1. The highest BCUT2D eigenvalue weighted by atomic mass is 32.2. The minimum absolute atomic E-state index is 0.0919. The van der Waals surface area contributed by atoms with Crippen molar-refractivity contribution in [3.63, 3.8) is 0 Å². The van der Waals surface area contributed by atoms with E-state index in [2.05, 4.69) is 23.7 Å². The summed E-state index contributed by atoms with van der Waals surface area (Å²) in [5.41, 5.74) is 2.29. The molecule has 0 spiro atoms. The summed E-state index contributed by atoms with van der Waals surface area (Å²) in [6.45, 7) is 0. The van der Waals surface area contributed by atoms with Gasteiger partial charge in [0.15, 0.2) is 0 Å². The summed E-state index contributed by atoms with van der Waals surface area (Å²) in [6, 6.07) is 15.0. The number of benzene rings is 2. The van der Waals surface area contributed by atoms with Gasteiger partial charge in [0.2, 0.25) is 0 Å². The van der Waals surface area contributed by atoms with E-state index in [1.54, 1.807) is 11.8 Å². The largest absolute Gasteiger partial charge is 0.309 e. The molecule has 0 aliphatic heterocycles. The SMILES string of the molecule is CNC(c1ccc(F)cc1)c1ccccc1SC. The molecule has 0 amide bonds. The van der Waals surface area contributed by atoms with Crippen LogP contribution in [0.5, 0.6) is 0 Å². The zero-order chi connectivity index (χ0) is 13.0. The molecule has 2 rings (SSSR count). The van der Waals surface area contributed by atoms with Gasteiger partial charge in [-0.15, -0.1) is 11.8 Å². The first-order valence-electron chi connectivity index (χ1n) is 5.82. The van der Waals surface area contributed by atoms with Crippen LogP contribution >= 0.6 is 11.8 Å². The summed E-state index contributed by atoms with van der Waals surface area (Å²) in [6.07, 6.45) is 2.07. The number of hydrogen-bond acceptors (Lipinski definition) is 2. The summed E-state index contributed by atoms with van der Waals surface area (Å²) >= 11 is 1.72. The highest BCUT2D eigenvalue weighted by Gasteiger charge is 2.14. The van der Waals surface area contributed by atoms with Crippen LogP contribution in [0.3, 0.4) is 0 Å². The van der Waals surface area contributed by atoms with Gasteiger partial charge in [-0.3, -0.25) is 0 Å². The molecule has 1 nitrogen and oxygen atoms in total. The summed E-state index contributed by atoms with van der Waals surface area (Å²) in [7, 11) is 1.92. The Bertz CT molecular complexity index is 510. The van der Waals surface area contributed by atoms with Crippen molar-refractivity contribution in [2.75, 3.05) is 13.3 Å². The fraction of sp³-hybridized carbons (Fsp3) is 0.200. The predicted molar refractivity (Wildman–Crippen MR) is 75.5 cm³/mol. The van der Waals surface area contributed by atoms with E-state index >= 15 is 0 Å². The lowest BCUT2D eigenvalue weighted by Gasteiger charge is -2.19. The summed E-state index contributed by atoms with van der Waals surface area (Å²) in [4.78, 5) is 1.24. The van der Waals surface area contributed by atoms with Gasteiger partial charge < -0.3 is 5.32 Å². The minimum Gasteiger partial charge on any atom is -0.309 e. The van der Waals surface area contributed by atoms with Gasteiger partial charge in [-0.05, 0) is 42.6 Å². The predicted octanol–water partition coefficient (Wildman–Crippen LogP) is 3.86. The van der Waals surface area contributed by atoms with E-state index in [-0.39, 0.29) is 11.9 Å². The summed E-state index contributed by atoms with van der Waals surface area (Å²) < 4.78 is 13.0. The van der Waals surface area contributed by atoms with Crippen molar-refractivity contribution in [2.45, 2.75) is 10.9 Å². The molecule has 0 fully saturated rings. The van der Waals surface area contributed by atoms with Crippen LogP contribution in [0.2, 0.25) is 0 Å². The third kappa shape index (κ3) is 2.74. The highest BCUT2D eigenvalue weighted by Crippen LogP contribution is 2.29. The molecule has 0 aliphatic carbocycles. The lowest BCUT2D eigenvalue weighted by molar-refractivity contribution is 0.622. The molecule has 3 heteroatoms. The number of halogens is 1. The lowest BCUT2D eigenvalue weighted by Crippen LogP contribution is -2.18. The van der Waals surface area contributed by atoms with Crippen molar-refractivity contribution in [1.29, 1.82) is 0 Å². The van der Waals surface area contributed by atoms with Crippen LogP contribution in [0.4, 0.5) is 4.39 Å². The maximum Gasteiger partial charge on any atom is 0.123 e. The van der Waals surface area contributed by atoms with Crippen molar-refractivity contribution in [3.8, 4) is 0 Å². The van der Waals surface area contributed by atoms with Gasteiger partial charge in [0.05, 0.1) is 6.04 Å². The molecular weight excluding hydrogens is 245 g/mol. The maximum atomic E-state index is 13.0. The van der Waals surface area contributed by atoms with Gasteiger partial charge in [-0.1, -0.05) is 30.3 Å². The zero-order valence-electron chi connectivity index (χ0n) is 10.5. The average molecular weight is 261 g/mol. The summed E-state index contributed by atoms with van der Waals surface area (Å²) in [5.74, 6) is -0.202. The Labute approximate surface area is 111 Å². The first-order valence-corrected chi connectivity index (χ1v) is 7.04. The molecule has 0 heterocycles. The third-order valence-corrected chi connectivity index (χ3v) is 3.75. The second kappa shape index (κ2) is 6.03. The van der Waals surface area contributed by atoms with Gasteiger partial charge in [-0.25, -0.2) is 4.39 Å². The Kier molecular flexibility index (Phi) is 4.39. The molecule has 0 saturated carbocycles. The molecule has 2 aromatic rings. The van der Waals surface area contributed by atoms with Crippen LogP contribution in [0.15, 0.2) is 53.4 Å². The van der Waals surface area contributed by atoms with E-state index < -0.39 is 0 Å². The molecule has 94 valence electrons. The molecule has 0 aromatic heterocycles. The van der Waals surface area contributed by atoms with E-state index in [9.17, 15) is 4.39 Å². The fourth-order valence-electron chi connectivity index (χ4n) is 2.06. The van der Waals surface area contributed by atoms with E-state index in [1.807, 2.05) is 31.3 Å². The second-order valence-corrected chi connectivity index (χ2v) is 4.86. The molecule has 0 bridgehead atoms. The molecule has 0 saturated heterocycles. The van der Waals surface area contributed by atoms with Crippen LogP contribution < -0.4 is 5.32 Å². The van der Waals surface area contributed by atoms with E-state index in [4.69, 9.17) is 0 Å². The Morgan fingerprint density at radius 3 is 2.33 bits per heavy atom. The minimum atomic E-state index is -0.202. The topological polar surface area (TPSA) is 12.0 Å². The van der Waals surface area contributed by atoms with E-state index in [0.29, 0.717) is 0 Å². The van der Waals surface area contributed by atoms with Crippen LogP contribution in [-0.4, -0.2) is 13.3 Å². The Morgan fingerprint density at radius 1 is 1.06 bits per heavy atom. The standard InChI is InChI=1S/C15H16FNS/c1-17-15(11-7-9-12(16)10-8-11)13-5-3-4-6-14(13)18-2/h3-10,15,17H,1-2H3. The van der Waals surface area contributed by atoms with Crippen molar-refractivity contribution in [2.24, 2.45) is 0 Å². The highest BCUT2D eigenvalue weighted by molar-refractivity contribution is 7.98. The van der Waals surface area contributed by atoms with Crippen molar-refractivity contribution in [3.05, 3.63) is 65.5 Å². The normalized spacial score (nSPS) is 12.4. The van der Waals surface area contributed by atoms with E-state index in [1.165, 1.54) is 22.6 Å². The molecule has 0 radical (unpaired) electrons. The van der Waals surface area contributed by atoms with Crippen LogP contribution in [0.25, 0.3) is 0 Å². The molecule has 1 N–H and O–H groups in total. The Balaban J connectivity index is 2.41. The van der Waals surface area contributed by atoms with Crippen LogP contribution in [-0.2, 0) is 0 Å². The fourth-order valence-corrected chi connectivity index (χ4v) is 2.70. The Morgan fingerprint density at radius 2 is 1.72 bits per heavy atom. The second-order valence-electron chi connectivity index (χ2n) is 4.02. The van der Waals surface area contributed by atoms with Gasteiger partial charge in [0.25, 0.3) is 0 Å². The molecule has 1 unspecified atom stereocenters. The Hall–Kier alpha value is -1.32. The zero-order valence-corrected chi connectivity index (χ0v) is 11.3. The molecule has 2 aromatic carbocycles. The number of rotatable bonds is 4. The van der Waals surface area contributed by atoms with Crippen LogP contribution in [0.1, 0.15) is 17.2 Å². The van der Waals surface area contributed by atoms with Crippen molar-refractivity contribution in [1.82, 2.24) is 5.32 Å². The smallest absolute Gasteiger partial charge is 0.123 e. The van der Waals surface area contributed by atoms with E-state index in [0.717, 1.165) is 5.56 Å². The quantitative estimate of drug-likeness (QED) is 0.839. The maximum absolute atomic E-state index is 13.0. The van der Waals surface area contributed by atoms with Gasteiger partial charge in [-0.2, -0.15) is 0 Å². The third-order valence-electron chi connectivity index (χ3n) is 2.94. The molecule has 18 heavy (non-hydrogen) atoms. The molecule has 0 aliphatic rings. The lowest BCUT2D eigenvalue weighted by atomic mass is 9.99. The number of nitrogens with one attached hydrogen (secondary N) is 1. The number of hydrogen-bond donors (Lipinski definition) is 1. The van der Waals surface area contributed by atoms with Crippen LogP contribution in [0, 0.1) is 5.82 Å². The monoisotopic (exact) mass is 261 g/mol. The first-order chi connectivity index (χ1) is 8.76. The van der Waals surface area contributed by atoms with Crippen molar-refractivity contribution >= 4 is 11.8 Å².